The zero-order valence-electron chi connectivity index (χ0n) is 44.5. The van der Waals surface area contributed by atoms with Gasteiger partial charge in [-0.15, -0.1) is 0 Å². The van der Waals surface area contributed by atoms with Gasteiger partial charge in [-0.25, -0.2) is 0 Å². The van der Waals surface area contributed by atoms with Gasteiger partial charge >= 0.3 is 17.9 Å². The lowest BCUT2D eigenvalue weighted by Gasteiger charge is -2.18. The molecule has 0 aromatic rings. The first-order valence-electron chi connectivity index (χ1n) is 29.3. The number of carbonyl (C=O) groups excluding carboxylic acids is 3. The molecule has 1 unspecified atom stereocenters. The predicted molar refractivity (Wildman–Crippen MR) is 284 cm³/mol. The standard InChI is InChI=1S/C60H112O6/c1-4-7-10-13-16-19-22-25-28-30-33-35-38-41-44-47-50-53-59(62)65-56-57(55-64-58(61)52-49-46-43-40-37-34-31-27-24-21-18-15-12-9-6-3)66-60(63)54-51-48-45-42-39-36-32-29-26-23-20-17-14-11-8-5-2/h20,23,29,32,57H,4-19,21-22,24-28,30-31,33-56H2,1-3H3/b23-20-,32-29-. The molecule has 0 aliphatic carbocycles. The molecule has 0 aromatic heterocycles. The number of rotatable bonds is 54. The summed E-state index contributed by atoms with van der Waals surface area (Å²) in [6, 6.07) is 0. The molecule has 1 atom stereocenters. The summed E-state index contributed by atoms with van der Waals surface area (Å²) < 4.78 is 16.9. The molecule has 0 spiro atoms. The van der Waals surface area contributed by atoms with Crippen molar-refractivity contribution in [2.24, 2.45) is 0 Å². The molecule has 6 heteroatoms. The smallest absolute Gasteiger partial charge is 0.306 e. The van der Waals surface area contributed by atoms with E-state index in [2.05, 4.69) is 45.1 Å². The zero-order valence-corrected chi connectivity index (χ0v) is 44.5. The fourth-order valence-corrected chi connectivity index (χ4v) is 8.77. The van der Waals surface area contributed by atoms with E-state index in [1.165, 1.54) is 205 Å². The molecule has 0 fully saturated rings. The SMILES string of the molecule is CCCCCC/C=C\C/C=C\CCCCCCCC(=O)OC(COC(=O)CCCCCCCCCCCCCCCCC)COC(=O)CCCCCCCCCCCCCCCCCCC. The number of hydrogen-bond acceptors (Lipinski definition) is 6. The second-order valence-electron chi connectivity index (χ2n) is 19.9. The molecule has 6 nitrogen and oxygen atoms in total. The third kappa shape index (κ3) is 52.9. The fraction of sp³-hybridized carbons (Fsp3) is 0.883. The molecule has 0 amide bonds. The molecule has 0 heterocycles. The molecule has 0 aromatic carbocycles. The molecule has 0 saturated heterocycles. The van der Waals surface area contributed by atoms with Crippen LogP contribution in [0.15, 0.2) is 24.3 Å². The van der Waals surface area contributed by atoms with Gasteiger partial charge in [0.1, 0.15) is 13.2 Å². The van der Waals surface area contributed by atoms with Gasteiger partial charge in [0.2, 0.25) is 0 Å². The summed E-state index contributed by atoms with van der Waals surface area (Å²) in [5.41, 5.74) is 0. The lowest BCUT2D eigenvalue weighted by molar-refractivity contribution is -0.167. The van der Waals surface area contributed by atoms with Crippen LogP contribution in [-0.2, 0) is 28.6 Å². The zero-order chi connectivity index (χ0) is 47.9. The first kappa shape index (κ1) is 63.9. The summed E-state index contributed by atoms with van der Waals surface area (Å²) in [7, 11) is 0. The quantitative estimate of drug-likeness (QED) is 0.0262. The summed E-state index contributed by atoms with van der Waals surface area (Å²) in [5.74, 6) is -0.862. The molecule has 0 radical (unpaired) electrons. The lowest BCUT2D eigenvalue weighted by Crippen LogP contribution is -2.30. The largest absolute Gasteiger partial charge is 0.462 e. The molecular formula is C60H112O6. The monoisotopic (exact) mass is 929 g/mol. The van der Waals surface area contributed by atoms with Crippen LogP contribution in [0.4, 0.5) is 0 Å². The fourth-order valence-electron chi connectivity index (χ4n) is 8.77. The Hall–Kier alpha value is -2.11. The number of esters is 3. The Morgan fingerprint density at radius 2 is 0.545 bits per heavy atom. The van der Waals surface area contributed by atoms with Crippen molar-refractivity contribution in [3.05, 3.63) is 24.3 Å². The van der Waals surface area contributed by atoms with Crippen LogP contribution in [-0.4, -0.2) is 37.2 Å². The number of ether oxygens (including phenoxy) is 3. The van der Waals surface area contributed by atoms with Gasteiger partial charge in [0.25, 0.3) is 0 Å². The predicted octanol–water partition coefficient (Wildman–Crippen LogP) is 19.5. The molecule has 0 rings (SSSR count). The van der Waals surface area contributed by atoms with Crippen molar-refractivity contribution in [3.63, 3.8) is 0 Å². The Morgan fingerprint density at radius 3 is 0.848 bits per heavy atom. The molecule has 0 bridgehead atoms. The average Bonchev–Trinajstić information content (AvgIpc) is 3.31. The van der Waals surface area contributed by atoms with E-state index in [1.54, 1.807) is 0 Å². The summed E-state index contributed by atoms with van der Waals surface area (Å²) in [6.45, 7) is 6.67. The van der Waals surface area contributed by atoms with Crippen molar-refractivity contribution in [1.29, 1.82) is 0 Å². The normalized spacial score (nSPS) is 12.1. The third-order valence-corrected chi connectivity index (χ3v) is 13.2. The highest BCUT2D eigenvalue weighted by Crippen LogP contribution is 2.17. The Labute approximate surface area is 411 Å². The van der Waals surface area contributed by atoms with E-state index < -0.39 is 6.10 Å². The first-order valence-corrected chi connectivity index (χ1v) is 29.3. The second-order valence-corrected chi connectivity index (χ2v) is 19.9. The molecule has 388 valence electrons. The van der Waals surface area contributed by atoms with E-state index in [9.17, 15) is 14.4 Å². The van der Waals surface area contributed by atoms with E-state index in [0.29, 0.717) is 19.3 Å². The van der Waals surface area contributed by atoms with E-state index in [0.717, 1.165) is 77.0 Å². The van der Waals surface area contributed by atoms with Crippen LogP contribution in [0.2, 0.25) is 0 Å². The Morgan fingerprint density at radius 1 is 0.303 bits per heavy atom. The van der Waals surface area contributed by atoms with E-state index in [1.807, 2.05) is 0 Å². The maximum Gasteiger partial charge on any atom is 0.306 e. The second kappa shape index (κ2) is 55.5. The van der Waals surface area contributed by atoms with E-state index >= 15 is 0 Å². The Bertz CT molecular complexity index is 1070. The van der Waals surface area contributed by atoms with Crippen molar-refractivity contribution < 1.29 is 28.6 Å². The van der Waals surface area contributed by atoms with Crippen LogP contribution in [0.1, 0.15) is 323 Å². The van der Waals surface area contributed by atoms with Gasteiger partial charge in [-0.05, 0) is 51.4 Å². The molecule has 0 aliphatic heterocycles. The molecule has 0 N–H and O–H groups in total. The van der Waals surface area contributed by atoms with E-state index in [-0.39, 0.29) is 31.1 Å². The Balaban J connectivity index is 4.34. The summed E-state index contributed by atoms with van der Waals surface area (Å²) >= 11 is 0. The first-order chi connectivity index (χ1) is 32.5. The highest BCUT2D eigenvalue weighted by molar-refractivity contribution is 5.71. The maximum absolute atomic E-state index is 12.8. The van der Waals surface area contributed by atoms with Gasteiger partial charge in [-0.3, -0.25) is 14.4 Å². The summed E-state index contributed by atoms with van der Waals surface area (Å²) in [6.07, 6.45) is 64.5. The number of carbonyl (C=O) groups is 3. The van der Waals surface area contributed by atoms with Crippen LogP contribution >= 0.6 is 0 Å². The van der Waals surface area contributed by atoms with Crippen molar-refractivity contribution in [2.75, 3.05) is 13.2 Å². The van der Waals surface area contributed by atoms with Gasteiger partial charge in [-0.1, -0.05) is 276 Å². The summed E-state index contributed by atoms with van der Waals surface area (Å²) in [5, 5.41) is 0. The molecule has 0 aliphatic rings. The molecule has 0 saturated carbocycles. The Kier molecular flexibility index (Phi) is 53.7. The van der Waals surface area contributed by atoms with Gasteiger partial charge in [-0.2, -0.15) is 0 Å². The highest BCUT2D eigenvalue weighted by Gasteiger charge is 2.19. The minimum Gasteiger partial charge on any atom is -0.462 e. The minimum atomic E-state index is -0.773. The third-order valence-electron chi connectivity index (χ3n) is 13.2. The number of unbranched alkanes of at least 4 members (excludes halogenated alkanes) is 39. The van der Waals surface area contributed by atoms with Crippen LogP contribution in [0.25, 0.3) is 0 Å². The van der Waals surface area contributed by atoms with Crippen LogP contribution < -0.4 is 0 Å². The minimum absolute atomic E-state index is 0.0714. The number of allylic oxidation sites excluding steroid dienone is 4. The topological polar surface area (TPSA) is 78.9 Å². The van der Waals surface area contributed by atoms with Crippen LogP contribution in [0.5, 0.6) is 0 Å². The average molecular weight is 930 g/mol. The van der Waals surface area contributed by atoms with Crippen LogP contribution in [0, 0.1) is 0 Å². The van der Waals surface area contributed by atoms with E-state index in [4.69, 9.17) is 14.2 Å². The lowest BCUT2D eigenvalue weighted by atomic mass is 10.0. The van der Waals surface area contributed by atoms with Gasteiger partial charge < -0.3 is 14.2 Å². The molecular weight excluding hydrogens is 817 g/mol. The van der Waals surface area contributed by atoms with Gasteiger partial charge in [0.05, 0.1) is 0 Å². The van der Waals surface area contributed by atoms with Gasteiger partial charge in [0.15, 0.2) is 6.10 Å². The van der Waals surface area contributed by atoms with Crippen LogP contribution in [0.3, 0.4) is 0 Å². The van der Waals surface area contributed by atoms with Crippen molar-refractivity contribution in [2.45, 2.75) is 329 Å². The van der Waals surface area contributed by atoms with Crippen molar-refractivity contribution in [3.8, 4) is 0 Å². The molecule has 66 heavy (non-hydrogen) atoms. The van der Waals surface area contributed by atoms with Gasteiger partial charge in [0, 0.05) is 19.3 Å². The number of hydrogen-bond donors (Lipinski definition) is 0. The van der Waals surface area contributed by atoms with Crippen molar-refractivity contribution in [1.82, 2.24) is 0 Å². The maximum atomic E-state index is 12.8. The van der Waals surface area contributed by atoms with Crippen molar-refractivity contribution >= 4 is 17.9 Å². The summed E-state index contributed by atoms with van der Waals surface area (Å²) in [4.78, 5) is 38.2. The highest BCUT2D eigenvalue weighted by atomic mass is 16.6.